The number of nitrogens with one attached hydrogen (secondary N) is 2. The number of nitrogens with zero attached hydrogens (tertiary/aromatic N) is 1. The molecule has 2 aromatic rings. The third kappa shape index (κ3) is 4.30. The second-order valence-electron chi connectivity index (χ2n) is 8.01. The molecular formula is C23H26N4O3. The number of likely N-dealkylation sites (tertiary alicyclic amines) is 1. The van der Waals surface area contributed by atoms with Crippen molar-refractivity contribution in [1.82, 2.24) is 4.90 Å². The third-order valence-corrected chi connectivity index (χ3v) is 5.75. The number of anilines is 3. The number of amides is 3. The van der Waals surface area contributed by atoms with E-state index in [1.54, 1.807) is 36.1 Å². The van der Waals surface area contributed by atoms with Crippen LogP contribution in [0.4, 0.5) is 17.1 Å². The molecule has 0 radical (unpaired) electrons. The number of hydrogen-bond donors (Lipinski definition) is 3. The average molecular weight is 406 g/mol. The van der Waals surface area contributed by atoms with Gasteiger partial charge in [0.1, 0.15) is 6.04 Å². The standard InChI is InChI=1S/C23H26N4O3/c1-14(27-12-2-3-21(27)28)22(29)25-18-9-6-16(7-10-18)23(30)26-20-13-17(15-4-5-15)8-11-19(20)24/h6-11,13-15H,2-5,12,24H2,1H3,(H,25,29)(H,26,30). The van der Waals surface area contributed by atoms with Gasteiger partial charge in [0.25, 0.3) is 5.91 Å². The number of carbonyl (C=O) groups excluding carboxylic acids is 3. The van der Waals surface area contributed by atoms with Crippen molar-refractivity contribution in [3.8, 4) is 0 Å². The van der Waals surface area contributed by atoms with Gasteiger partial charge < -0.3 is 21.3 Å². The summed E-state index contributed by atoms with van der Waals surface area (Å²) in [6.45, 7) is 2.33. The van der Waals surface area contributed by atoms with Crippen LogP contribution >= 0.6 is 0 Å². The number of hydrogen-bond acceptors (Lipinski definition) is 4. The van der Waals surface area contributed by atoms with Crippen LogP contribution < -0.4 is 16.4 Å². The Hall–Kier alpha value is -3.35. The van der Waals surface area contributed by atoms with Crippen LogP contribution in [0.5, 0.6) is 0 Å². The van der Waals surface area contributed by atoms with Crippen LogP contribution in [0, 0.1) is 0 Å². The molecule has 1 saturated heterocycles. The Morgan fingerprint density at radius 2 is 1.83 bits per heavy atom. The molecule has 2 aromatic carbocycles. The number of carbonyl (C=O) groups is 3. The van der Waals surface area contributed by atoms with Crippen LogP contribution in [0.15, 0.2) is 42.5 Å². The Morgan fingerprint density at radius 1 is 1.10 bits per heavy atom. The summed E-state index contributed by atoms with van der Waals surface area (Å²) in [6, 6.07) is 11.9. The van der Waals surface area contributed by atoms with Crippen molar-refractivity contribution in [3.05, 3.63) is 53.6 Å². The lowest BCUT2D eigenvalue weighted by molar-refractivity contribution is -0.134. The monoisotopic (exact) mass is 406 g/mol. The van der Waals surface area contributed by atoms with E-state index in [4.69, 9.17) is 5.73 Å². The summed E-state index contributed by atoms with van der Waals surface area (Å²) in [6.07, 6.45) is 3.63. The molecule has 1 aliphatic carbocycles. The van der Waals surface area contributed by atoms with Crippen LogP contribution in [-0.2, 0) is 9.59 Å². The Balaban J connectivity index is 1.38. The van der Waals surface area contributed by atoms with E-state index in [9.17, 15) is 14.4 Å². The average Bonchev–Trinajstić information content (AvgIpc) is 3.50. The Morgan fingerprint density at radius 3 is 2.47 bits per heavy atom. The zero-order chi connectivity index (χ0) is 21.3. The second-order valence-corrected chi connectivity index (χ2v) is 8.01. The van der Waals surface area contributed by atoms with Gasteiger partial charge in [-0.15, -0.1) is 0 Å². The van der Waals surface area contributed by atoms with Crippen LogP contribution in [0.25, 0.3) is 0 Å². The lowest BCUT2D eigenvalue weighted by atomic mass is 10.1. The number of nitrogens with two attached hydrogens (primary N) is 1. The first-order chi connectivity index (χ1) is 14.4. The second kappa shape index (κ2) is 8.18. The molecule has 156 valence electrons. The molecule has 3 amide bonds. The van der Waals surface area contributed by atoms with Gasteiger partial charge in [-0.3, -0.25) is 14.4 Å². The molecule has 4 rings (SSSR count). The van der Waals surface area contributed by atoms with Gasteiger partial charge in [-0.1, -0.05) is 6.07 Å². The highest BCUT2D eigenvalue weighted by Gasteiger charge is 2.29. The summed E-state index contributed by atoms with van der Waals surface area (Å²) in [5.74, 6) is 0.0766. The first-order valence-electron chi connectivity index (χ1n) is 10.3. The first-order valence-corrected chi connectivity index (χ1v) is 10.3. The van der Waals surface area contributed by atoms with Gasteiger partial charge in [0.15, 0.2) is 0 Å². The van der Waals surface area contributed by atoms with E-state index in [1.165, 1.54) is 18.4 Å². The maximum atomic E-state index is 12.6. The van der Waals surface area contributed by atoms with Crippen LogP contribution in [0.2, 0.25) is 0 Å². The summed E-state index contributed by atoms with van der Waals surface area (Å²) in [7, 11) is 0. The summed E-state index contributed by atoms with van der Waals surface area (Å²) >= 11 is 0. The fourth-order valence-electron chi connectivity index (χ4n) is 3.72. The fraction of sp³-hybridized carbons (Fsp3) is 0.348. The molecule has 0 aromatic heterocycles. The molecule has 1 aliphatic heterocycles. The topological polar surface area (TPSA) is 105 Å². The van der Waals surface area contributed by atoms with Gasteiger partial charge >= 0.3 is 0 Å². The van der Waals surface area contributed by atoms with E-state index in [2.05, 4.69) is 10.6 Å². The largest absolute Gasteiger partial charge is 0.397 e. The molecular weight excluding hydrogens is 380 g/mol. The van der Waals surface area contributed by atoms with Crippen LogP contribution in [0.1, 0.15) is 54.4 Å². The Kier molecular flexibility index (Phi) is 5.44. The van der Waals surface area contributed by atoms with Gasteiger partial charge in [-0.25, -0.2) is 0 Å². The molecule has 30 heavy (non-hydrogen) atoms. The zero-order valence-corrected chi connectivity index (χ0v) is 17.0. The normalized spacial score (nSPS) is 17.0. The molecule has 1 unspecified atom stereocenters. The van der Waals surface area contributed by atoms with E-state index in [1.807, 2.05) is 18.2 Å². The van der Waals surface area contributed by atoms with Gasteiger partial charge in [0, 0.05) is 24.2 Å². The van der Waals surface area contributed by atoms with E-state index in [0.29, 0.717) is 41.5 Å². The molecule has 0 bridgehead atoms. The van der Waals surface area contributed by atoms with Crippen LogP contribution in [-0.4, -0.2) is 35.2 Å². The molecule has 1 heterocycles. The number of benzene rings is 2. The van der Waals surface area contributed by atoms with Gasteiger partial charge in [0.05, 0.1) is 11.4 Å². The minimum Gasteiger partial charge on any atom is -0.397 e. The van der Waals surface area contributed by atoms with Crippen molar-refractivity contribution in [1.29, 1.82) is 0 Å². The molecule has 2 aliphatic rings. The smallest absolute Gasteiger partial charge is 0.255 e. The predicted octanol–water partition coefficient (Wildman–Crippen LogP) is 3.35. The van der Waals surface area contributed by atoms with Crippen molar-refractivity contribution in [3.63, 3.8) is 0 Å². The minimum atomic E-state index is -0.523. The molecule has 0 spiro atoms. The molecule has 2 fully saturated rings. The highest BCUT2D eigenvalue weighted by molar-refractivity contribution is 6.06. The quantitative estimate of drug-likeness (QED) is 0.640. The number of rotatable bonds is 6. The molecule has 1 saturated carbocycles. The maximum Gasteiger partial charge on any atom is 0.255 e. The summed E-state index contributed by atoms with van der Waals surface area (Å²) in [5.41, 5.74) is 9.40. The van der Waals surface area contributed by atoms with E-state index >= 15 is 0 Å². The molecule has 4 N–H and O–H groups in total. The summed E-state index contributed by atoms with van der Waals surface area (Å²) < 4.78 is 0. The Bertz CT molecular complexity index is 982. The van der Waals surface area contributed by atoms with Gasteiger partial charge in [0.2, 0.25) is 11.8 Å². The highest BCUT2D eigenvalue weighted by atomic mass is 16.2. The van der Waals surface area contributed by atoms with Crippen molar-refractivity contribution >= 4 is 34.8 Å². The summed E-state index contributed by atoms with van der Waals surface area (Å²) in [4.78, 5) is 38.5. The summed E-state index contributed by atoms with van der Waals surface area (Å²) in [5, 5.41) is 5.68. The van der Waals surface area contributed by atoms with Crippen molar-refractivity contribution in [2.45, 2.75) is 44.6 Å². The zero-order valence-electron chi connectivity index (χ0n) is 17.0. The van der Waals surface area contributed by atoms with Gasteiger partial charge in [-0.05, 0) is 74.1 Å². The van der Waals surface area contributed by atoms with Crippen molar-refractivity contribution < 1.29 is 14.4 Å². The molecule has 7 nitrogen and oxygen atoms in total. The SMILES string of the molecule is CC(C(=O)Nc1ccc(C(=O)Nc2cc(C3CC3)ccc2N)cc1)N1CCCC1=O. The first kappa shape index (κ1) is 19.9. The lowest BCUT2D eigenvalue weighted by Gasteiger charge is -2.23. The Labute approximate surface area is 175 Å². The van der Waals surface area contributed by atoms with E-state index in [-0.39, 0.29) is 17.7 Å². The van der Waals surface area contributed by atoms with Crippen molar-refractivity contribution in [2.24, 2.45) is 0 Å². The number of nitrogen functional groups attached to an aromatic ring is 1. The third-order valence-electron chi connectivity index (χ3n) is 5.75. The van der Waals surface area contributed by atoms with E-state index in [0.717, 1.165) is 6.42 Å². The van der Waals surface area contributed by atoms with Crippen molar-refractivity contribution in [2.75, 3.05) is 22.9 Å². The molecule has 1 atom stereocenters. The lowest BCUT2D eigenvalue weighted by Crippen LogP contribution is -2.42. The molecule has 7 heteroatoms. The minimum absolute atomic E-state index is 0.00898. The maximum absolute atomic E-state index is 12.6. The van der Waals surface area contributed by atoms with Gasteiger partial charge in [-0.2, -0.15) is 0 Å². The highest BCUT2D eigenvalue weighted by Crippen LogP contribution is 2.41. The van der Waals surface area contributed by atoms with Crippen LogP contribution in [0.3, 0.4) is 0 Å². The fourth-order valence-corrected chi connectivity index (χ4v) is 3.72. The predicted molar refractivity (Wildman–Crippen MR) is 116 cm³/mol. The van der Waals surface area contributed by atoms with E-state index < -0.39 is 6.04 Å².